The summed E-state index contributed by atoms with van der Waals surface area (Å²) in [5.74, 6) is 0.783. The second kappa shape index (κ2) is 5.33. The predicted molar refractivity (Wildman–Crippen MR) is 80.8 cm³/mol. The second-order valence-corrected chi connectivity index (χ2v) is 4.72. The quantitative estimate of drug-likeness (QED) is 0.879. The Morgan fingerprint density at radius 2 is 1.89 bits per heavy atom. The van der Waals surface area contributed by atoms with E-state index in [0.717, 1.165) is 35.9 Å². The summed E-state index contributed by atoms with van der Waals surface area (Å²) in [4.78, 5) is 4.34. The highest BCUT2D eigenvalue weighted by molar-refractivity contribution is 6.34. The molecule has 1 aliphatic rings. The maximum Gasteiger partial charge on any atom is 0.195 e. The van der Waals surface area contributed by atoms with E-state index in [2.05, 4.69) is 33.8 Å². The van der Waals surface area contributed by atoms with Crippen molar-refractivity contribution in [3.05, 3.63) is 53.6 Å². The molecule has 0 aliphatic carbocycles. The summed E-state index contributed by atoms with van der Waals surface area (Å²) < 4.78 is 0. The number of nitrogens with one attached hydrogen (secondary N) is 2. The Bertz CT molecular complexity index is 608. The van der Waals surface area contributed by atoms with E-state index >= 15 is 0 Å². The Labute approximate surface area is 117 Å². The third kappa shape index (κ3) is 2.56. The second-order valence-electron chi connectivity index (χ2n) is 4.31. The molecule has 0 aromatic heterocycles. The molecule has 1 heterocycles. The molecule has 3 rings (SSSR count). The van der Waals surface area contributed by atoms with Gasteiger partial charge in [0.25, 0.3) is 0 Å². The van der Waals surface area contributed by atoms with Crippen molar-refractivity contribution in [2.45, 2.75) is 0 Å². The molecule has 0 saturated carbocycles. The van der Waals surface area contributed by atoms with Gasteiger partial charge in [-0.05, 0) is 11.6 Å². The first-order valence-electron chi connectivity index (χ1n) is 6.24. The molecule has 0 bridgehead atoms. The maximum absolute atomic E-state index is 6.31. The zero-order valence-electron chi connectivity index (χ0n) is 10.4. The van der Waals surface area contributed by atoms with Gasteiger partial charge < -0.3 is 10.6 Å². The van der Waals surface area contributed by atoms with E-state index in [4.69, 9.17) is 11.6 Å². The van der Waals surface area contributed by atoms with Crippen LogP contribution in [0.25, 0.3) is 11.1 Å². The number of hydrogen-bond acceptors (Lipinski definition) is 3. The number of para-hydroxylation sites is 1. The highest BCUT2D eigenvalue weighted by Gasteiger charge is 2.12. The molecule has 2 N–H and O–H groups in total. The van der Waals surface area contributed by atoms with E-state index in [9.17, 15) is 0 Å². The SMILES string of the molecule is Clc1cccc(-c2ccccc2)c1NC1=NCCN1. The average molecular weight is 272 g/mol. The van der Waals surface area contributed by atoms with Crippen LogP contribution in [0.4, 0.5) is 5.69 Å². The highest BCUT2D eigenvalue weighted by Crippen LogP contribution is 2.33. The summed E-state index contributed by atoms with van der Waals surface area (Å²) in [5.41, 5.74) is 3.10. The van der Waals surface area contributed by atoms with Crippen molar-refractivity contribution in [2.75, 3.05) is 18.4 Å². The van der Waals surface area contributed by atoms with E-state index < -0.39 is 0 Å². The molecule has 96 valence electrons. The van der Waals surface area contributed by atoms with Gasteiger partial charge >= 0.3 is 0 Å². The van der Waals surface area contributed by atoms with Gasteiger partial charge in [-0.1, -0.05) is 54.1 Å². The van der Waals surface area contributed by atoms with Crippen molar-refractivity contribution >= 4 is 23.2 Å². The fraction of sp³-hybridized carbons (Fsp3) is 0.133. The fourth-order valence-corrected chi connectivity index (χ4v) is 2.33. The molecule has 0 unspecified atom stereocenters. The summed E-state index contributed by atoms with van der Waals surface area (Å²) >= 11 is 6.31. The minimum absolute atomic E-state index is 0.692. The van der Waals surface area contributed by atoms with Gasteiger partial charge in [-0.15, -0.1) is 0 Å². The average Bonchev–Trinajstić information content (AvgIpc) is 2.95. The first-order valence-corrected chi connectivity index (χ1v) is 6.62. The molecule has 2 aromatic carbocycles. The maximum atomic E-state index is 6.31. The van der Waals surface area contributed by atoms with Crippen LogP contribution < -0.4 is 10.6 Å². The lowest BCUT2D eigenvalue weighted by Gasteiger charge is -2.14. The first kappa shape index (κ1) is 12.1. The first-order chi connectivity index (χ1) is 9.34. The van der Waals surface area contributed by atoms with Gasteiger partial charge in [0, 0.05) is 12.1 Å². The lowest BCUT2D eigenvalue weighted by Crippen LogP contribution is -2.26. The molecule has 4 heteroatoms. The summed E-state index contributed by atoms with van der Waals surface area (Å²) in [6, 6.07) is 16.1. The van der Waals surface area contributed by atoms with E-state index in [1.165, 1.54) is 0 Å². The predicted octanol–water partition coefficient (Wildman–Crippen LogP) is 3.38. The summed E-state index contributed by atoms with van der Waals surface area (Å²) in [5, 5.41) is 7.17. The van der Waals surface area contributed by atoms with E-state index in [0.29, 0.717) is 5.02 Å². The molecular formula is C15H14ClN3. The van der Waals surface area contributed by atoms with Crippen molar-refractivity contribution in [3.63, 3.8) is 0 Å². The molecule has 19 heavy (non-hydrogen) atoms. The Kier molecular flexibility index (Phi) is 3.38. The molecule has 0 radical (unpaired) electrons. The number of benzene rings is 2. The highest BCUT2D eigenvalue weighted by atomic mass is 35.5. The van der Waals surface area contributed by atoms with Crippen LogP contribution in [0.3, 0.4) is 0 Å². The Morgan fingerprint density at radius 3 is 2.63 bits per heavy atom. The largest absolute Gasteiger partial charge is 0.354 e. The molecule has 0 saturated heterocycles. The third-order valence-electron chi connectivity index (χ3n) is 3.02. The number of halogens is 1. The zero-order valence-corrected chi connectivity index (χ0v) is 11.1. The number of anilines is 1. The van der Waals surface area contributed by atoms with E-state index in [1.54, 1.807) is 0 Å². The van der Waals surface area contributed by atoms with E-state index in [-0.39, 0.29) is 0 Å². The number of guanidine groups is 1. The fourth-order valence-electron chi connectivity index (χ4n) is 2.11. The third-order valence-corrected chi connectivity index (χ3v) is 3.33. The van der Waals surface area contributed by atoms with Crippen LogP contribution >= 0.6 is 11.6 Å². The minimum atomic E-state index is 0.692. The van der Waals surface area contributed by atoms with Crippen LogP contribution in [0, 0.1) is 0 Å². The van der Waals surface area contributed by atoms with Gasteiger partial charge in [-0.25, -0.2) is 0 Å². The Morgan fingerprint density at radius 1 is 1.05 bits per heavy atom. The number of aliphatic imine (C=N–C) groups is 1. The molecule has 0 fully saturated rings. The number of nitrogens with zero attached hydrogens (tertiary/aromatic N) is 1. The monoisotopic (exact) mass is 271 g/mol. The molecule has 1 aliphatic heterocycles. The van der Waals surface area contributed by atoms with Crippen LogP contribution in [0.15, 0.2) is 53.5 Å². The molecule has 0 spiro atoms. The zero-order chi connectivity index (χ0) is 13.1. The Balaban J connectivity index is 2.02. The minimum Gasteiger partial charge on any atom is -0.354 e. The van der Waals surface area contributed by atoms with Crippen molar-refractivity contribution in [1.82, 2.24) is 5.32 Å². The summed E-state index contributed by atoms with van der Waals surface area (Å²) in [7, 11) is 0. The van der Waals surface area contributed by atoms with Crippen molar-refractivity contribution in [1.29, 1.82) is 0 Å². The summed E-state index contributed by atoms with van der Waals surface area (Å²) in [6.07, 6.45) is 0. The van der Waals surface area contributed by atoms with Gasteiger partial charge in [0.05, 0.1) is 17.3 Å². The van der Waals surface area contributed by atoms with E-state index in [1.807, 2.05) is 30.3 Å². The lowest BCUT2D eigenvalue weighted by atomic mass is 10.0. The number of hydrogen-bond donors (Lipinski definition) is 2. The van der Waals surface area contributed by atoms with Crippen molar-refractivity contribution in [3.8, 4) is 11.1 Å². The normalized spacial score (nSPS) is 13.8. The van der Waals surface area contributed by atoms with Gasteiger partial charge in [0.2, 0.25) is 0 Å². The van der Waals surface area contributed by atoms with Gasteiger partial charge in [-0.2, -0.15) is 0 Å². The van der Waals surface area contributed by atoms with Gasteiger partial charge in [0.1, 0.15) is 0 Å². The van der Waals surface area contributed by atoms with Crippen LogP contribution in [0.5, 0.6) is 0 Å². The Hall–Kier alpha value is -2.00. The molecule has 3 nitrogen and oxygen atoms in total. The topological polar surface area (TPSA) is 36.4 Å². The summed E-state index contributed by atoms with van der Waals surface area (Å²) in [6.45, 7) is 1.67. The number of rotatable bonds is 2. The molecule has 0 amide bonds. The van der Waals surface area contributed by atoms with Gasteiger partial charge in [-0.3, -0.25) is 4.99 Å². The smallest absolute Gasteiger partial charge is 0.195 e. The van der Waals surface area contributed by atoms with Crippen molar-refractivity contribution < 1.29 is 0 Å². The van der Waals surface area contributed by atoms with Crippen LogP contribution in [-0.2, 0) is 0 Å². The standard InChI is InChI=1S/C15H14ClN3/c16-13-8-4-7-12(11-5-2-1-3-6-11)14(13)19-15-17-9-10-18-15/h1-8H,9-10H2,(H2,17,18,19). The van der Waals surface area contributed by atoms with Crippen LogP contribution in [-0.4, -0.2) is 19.0 Å². The lowest BCUT2D eigenvalue weighted by molar-refractivity contribution is 0.959. The molecule has 2 aromatic rings. The van der Waals surface area contributed by atoms with Crippen LogP contribution in [0.1, 0.15) is 0 Å². The van der Waals surface area contributed by atoms with Crippen LogP contribution in [0.2, 0.25) is 5.02 Å². The molecular weight excluding hydrogens is 258 g/mol. The molecule has 0 atom stereocenters. The van der Waals surface area contributed by atoms with Crippen molar-refractivity contribution in [2.24, 2.45) is 4.99 Å². The van der Waals surface area contributed by atoms with Gasteiger partial charge in [0.15, 0.2) is 5.96 Å².